The molecule has 94 valence electrons. The Balaban J connectivity index is 1.91. The number of ketones is 1. The molecule has 18 heavy (non-hydrogen) atoms. The van der Waals surface area contributed by atoms with E-state index in [-0.39, 0.29) is 11.8 Å². The van der Waals surface area contributed by atoms with Crippen LogP contribution in [0.3, 0.4) is 0 Å². The Morgan fingerprint density at radius 2 is 2.00 bits per heavy atom. The van der Waals surface area contributed by atoms with Crippen LogP contribution < -0.4 is 0 Å². The van der Waals surface area contributed by atoms with Crippen molar-refractivity contribution >= 4 is 5.78 Å². The Bertz CT molecular complexity index is 523. The first kappa shape index (κ1) is 10.7. The van der Waals surface area contributed by atoms with Gasteiger partial charge in [0.25, 0.3) is 0 Å². The molecule has 3 aliphatic carbocycles. The van der Waals surface area contributed by atoms with Gasteiger partial charge in [-0.25, -0.2) is 0 Å². The normalized spacial score (nSPS) is 49.0. The van der Waals surface area contributed by atoms with Gasteiger partial charge in [0.2, 0.25) is 0 Å². The van der Waals surface area contributed by atoms with Crippen molar-refractivity contribution in [3.8, 4) is 0 Å². The minimum atomic E-state index is -0.782. The van der Waals surface area contributed by atoms with Crippen molar-refractivity contribution in [2.45, 2.75) is 37.7 Å². The third kappa shape index (κ3) is 0.913. The first-order valence-corrected chi connectivity index (χ1v) is 6.90. The molecule has 1 aromatic carbocycles. The van der Waals surface area contributed by atoms with E-state index >= 15 is 0 Å². The summed E-state index contributed by atoms with van der Waals surface area (Å²) in [6, 6.07) is 10.1. The van der Waals surface area contributed by atoms with E-state index < -0.39 is 11.0 Å². The van der Waals surface area contributed by atoms with Crippen molar-refractivity contribution in [3.63, 3.8) is 0 Å². The zero-order chi connectivity index (χ0) is 12.5. The third-order valence-corrected chi connectivity index (χ3v) is 5.95. The highest BCUT2D eigenvalue weighted by molar-refractivity contribution is 5.94. The van der Waals surface area contributed by atoms with E-state index in [0.29, 0.717) is 11.7 Å². The Morgan fingerprint density at radius 1 is 1.28 bits per heavy atom. The average molecular weight is 242 g/mol. The summed E-state index contributed by atoms with van der Waals surface area (Å²) < 4.78 is 0. The molecule has 1 aromatic rings. The quantitative estimate of drug-likeness (QED) is 0.821. The maximum atomic E-state index is 12.6. The lowest BCUT2D eigenvalue weighted by Gasteiger charge is -2.38. The maximum absolute atomic E-state index is 12.6. The molecular formula is C16H18O2. The van der Waals surface area contributed by atoms with E-state index in [9.17, 15) is 9.90 Å². The van der Waals surface area contributed by atoms with E-state index in [1.165, 1.54) is 0 Å². The van der Waals surface area contributed by atoms with Gasteiger partial charge >= 0.3 is 0 Å². The van der Waals surface area contributed by atoms with Crippen LogP contribution in [-0.4, -0.2) is 16.5 Å². The molecule has 2 bridgehead atoms. The van der Waals surface area contributed by atoms with Crippen LogP contribution in [0.4, 0.5) is 0 Å². The maximum Gasteiger partial charge on any atom is 0.145 e. The lowest BCUT2D eigenvalue weighted by Crippen LogP contribution is -2.48. The Labute approximate surface area is 107 Å². The number of aliphatic hydroxyl groups is 1. The van der Waals surface area contributed by atoms with E-state index in [1.54, 1.807) is 0 Å². The van der Waals surface area contributed by atoms with Gasteiger partial charge in [-0.2, -0.15) is 0 Å². The zero-order valence-corrected chi connectivity index (χ0v) is 10.6. The van der Waals surface area contributed by atoms with Gasteiger partial charge in [0.15, 0.2) is 0 Å². The van der Waals surface area contributed by atoms with Crippen molar-refractivity contribution in [1.29, 1.82) is 0 Å². The van der Waals surface area contributed by atoms with Gasteiger partial charge in [0, 0.05) is 11.8 Å². The molecule has 0 radical (unpaired) electrons. The van der Waals surface area contributed by atoms with E-state index in [1.807, 2.05) is 25.1 Å². The van der Waals surface area contributed by atoms with Crippen LogP contribution >= 0.6 is 0 Å². The second-order valence-electron chi connectivity index (χ2n) is 6.49. The fourth-order valence-corrected chi connectivity index (χ4v) is 5.11. The highest BCUT2D eigenvalue weighted by atomic mass is 16.3. The van der Waals surface area contributed by atoms with E-state index in [2.05, 4.69) is 12.1 Å². The van der Waals surface area contributed by atoms with Crippen molar-refractivity contribution < 1.29 is 9.90 Å². The molecule has 2 nitrogen and oxygen atoms in total. The predicted molar refractivity (Wildman–Crippen MR) is 68.1 cm³/mol. The fraction of sp³-hybridized carbons (Fsp3) is 0.562. The Hall–Kier alpha value is -1.15. The smallest absolute Gasteiger partial charge is 0.145 e. The minimum Gasteiger partial charge on any atom is -0.388 e. The lowest BCUT2D eigenvalue weighted by atomic mass is 9.70. The molecule has 0 heterocycles. The topological polar surface area (TPSA) is 37.3 Å². The largest absolute Gasteiger partial charge is 0.388 e. The van der Waals surface area contributed by atoms with Crippen LogP contribution in [-0.2, 0) is 4.79 Å². The highest BCUT2D eigenvalue weighted by Crippen LogP contribution is 2.72. The van der Waals surface area contributed by atoms with Gasteiger partial charge < -0.3 is 5.11 Å². The molecule has 0 saturated heterocycles. The molecule has 3 saturated carbocycles. The summed E-state index contributed by atoms with van der Waals surface area (Å²) in [6.07, 6.45) is 2.77. The molecule has 3 aliphatic rings. The van der Waals surface area contributed by atoms with Gasteiger partial charge in [-0.1, -0.05) is 30.3 Å². The minimum absolute atomic E-state index is 0.0312. The third-order valence-electron chi connectivity index (χ3n) is 5.95. The highest BCUT2D eigenvalue weighted by Gasteiger charge is 2.76. The summed E-state index contributed by atoms with van der Waals surface area (Å²) in [7, 11) is 0. The average Bonchev–Trinajstić information content (AvgIpc) is 2.83. The zero-order valence-electron chi connectivity index (χ0n) is 10.6. The summed E-state index contributed by atoms with van der Waals surface area (Å²) in [5.41, 5.74) is -0.122. The van der Waals surface area contributed by atoms with Crippen molar-refractivity contribution in [3.05, 3.63) is 35.9 Å². The van der Waals surface area contributed by atoms with Gasteiger partial charge in [-0.3, -0.25) is 4.79 Å². The van der Waals surface area contributed by atoms with Crippen molar-refractivity contribution in [1.82, 2.24) is 0 Å². The second-order valence-corrected chi connectivity index (χ2v) is 6.49. The first-order valence-electron chi connectivity index (χ1n) is 6.90. The molecular weight excluding hydrogens is 224 g/mol. The van der Waals surface area contributed by atoms with Crippen LogP contribution in [0.1, 0.15) is 37.7 Å². The number of hydrogen-bond acceptors (Lipinski definition) is 2. The summed E-state index contributed by atoms with van der Waals surface area (Å²) in [5, 5.41) is 11.3. The van der Waals surface area contributed by atoms with Crippen LogP contribution in [0.5, 0.6) is 0 Å². The lowest BCUT2D eigenvalue weighted by molar-refractivity contribution is -0.140. The van der Waals surface area contributed by atoms with Crippen molar-refractivity contribution in [2.24, 2.45) is 17.3 Å². The number of carbonyl (C=O) groups is 1. The summed E-state index contributed by atoms with van der Waals surface area (Å²) in [5.74, 6) is 0.724. The van der Waals surface area contributed by atoms with E-state index in [0.717, 1.165) is 24.8 Å². The molecule has 1 N–H and O–H groups in total. The number of Topliss-reactive ketones (excluding diaryl/α,β-unsaturated/α-hetero) is 1. The molecule has 4 rings (SSSR count). The molecule has 0 spiro atoms. The monoisotopic (exact) mass is 242 g/mol. The first-order chi connectivity index (χ1) is 8.59. The fourth-order valence-electron chi connectivity index (χ4n) is 5.11. The molecule has 0 amide bonds. The number of hydrogen-bond donors (Lipinski definition) is 1. The summed E-state index contributed by atoms with van der Waals surface area (Å²) in [6.45, 7) is 1.99. The SMILES string of the molecule is CC12CCC3CC(C1=O)C(c1ccccc1)C32O. The number of rotatable bonds is 1. The Morgan fingerprint density at radius 3 is 2.72 bits per heavy atom. The molecule has 0 aliphatic heterocycles. The van der Waals surface area contributed by atoms with Gasteiger partial charge in [0.1, 0.15) is 5.78 Å². The second kappa shape index (κ2) is 3.05. The van der Waals surface area contributed by atoms with Crippen LogP contribution in [0.2, 0.25) is 0 Å². The van der Waals surface area contributed by atoms with Crippen LogP contribution in [0.15, 0.2) is 30.3 Å². The molecule has 5 unspecified atom stereocenters. The van der Waals surface area contributed by atoms with Crippen molar-refractivity contribution in [2.75, 3.05) is 0 Å². The van der Waals surface area contributed by atoms with E-state index in [4.69, 9.17) is 0 Å². The molecule has 3 fully saturated rings. The Kier molecular flexibility index (Phi) is 1.82. The predicted octanol–water partition coefficient (Wildman–Crippen LogP) is 2.52. The molecule has 0 aromatic heterocycles. The van der Waals surface area contributed by atoms with Gasteiger partial charge in [-0.05, 0) is 37.7 Å². The number of fused-ring (bicyclic) bond motifs is 1. The number of benzene rings is 1. The molecule has 2 heteroatoms. The standard InChI is InChI=1S/C16H18O2/c1-15-8-7-11-9-12(14(15)17)13(16(11,15)18)10-5-3-2-4-6-10/h2-6,11-13,18H,7-9H2,1H3. The number of carbonyl (C=O) groups excluding carboxylic acids is 1. The van der Waals surface area contributed by atoms with Gasteiger partial charge in [-0.15, -0.1) is 0 Å². The molecule has 5 atom stereocenters. The summed E-state index contributed by atoms with van der Waals surface area (Å²) >= 11 is 0. The van der Waals surface area contributed by atoms with Gasteiger partial charge in [0.05, 0.1) is 11.0 Å². The summed E-state index contributed by atoms with van der Waals surface area (Å²) in [4.78, 5) is 12.6. The van der Waals surface area contributed by atoms with Crippen LogP contribution in [0, 0.1) is 17.3 Å². The van der Waals surface area contributed by atoms with Crippen LogP contribution in [0.25, 0.3) is 0 Å².